The zero-order valence-corrected chi connectivity index (χ0v) is 8.40. The lowest BCUT2D eigenvalue weighted by molar-refractivity contribution is -0.136. The summed E-state index contributed by atoms with van der Waals surface area (Å²) in [7, 11) is 1.84. The van der Waals surface area contributed by atoms with E-state index in [1.165, 1.54) is 0 Å². The minimum Gasteiger partial charge on any atom is -0.481 e. The van der Waals surface area contributed by atoms with Crippen molar-refractivity contribution in [2.45, 2.75) is 6.42 Å². The van der Waals surface area contributed by atoms with E-state index < -0.39 is 5.97 Å². The maximum absolute atomic E-state index is 10.7. The van der Waals surface area contributed by atoms with Crippen molar-refractivity contribution in [1.82, 2.24) is 4.57 Å². The average molecular weight is 204 g/mol. The number of anilines is 1. The first kappa shape index (κ1) is 9.58. The molecule has 1 aromatic carbocycles. The lowest BCUT2D eigenvalue weighted by Crippen LogP contribution is -2.04. The number of benzene rings is 1. The molecular weight excluding hydrogens is 192 g/mol. The fraction of sp³-hybridized carbons (Fsp3) is 0.182. The van der Waals surface area contributed by atoms with Crippen molar-refractivity contribution in [2.24, 2.45) is 7.05 Å². The first-order valence-electron chi connectivity index (χ1n) is 4.65. The molecule has 0 aliphatic heterocycles. The number of hydrogen-bond acceptors (Lipinski definition) is 2. The molecule has 0 unspecified atom stereocenters. The van der Waals surface area contributed by atoms with Gasteiger partial charge in [-0.1, -0.05) is 18.2 Å². The van der Waals surface area contributed by atoms with Gasteiger partial charge in [-0.15, -0.1) is 0 Å². The Kier molecular flexibility index (Phi) is 2.11. The Labute approximate surface area is 86.9 Å². The van der Waals surface area contributed by atoms with E-state index in [4.69, 9.17) is 10.8 Å². The van der Waals surface area contributed by atoms with Crippen LogP contribution in [-0.4, -0.2) is 15.6 Å². The zero-order valence-electron chi connectivity index (χ0n) is 8.40. The summed E-state index contributed by atoms with van der Waals surface area (Å²) in [6, 6.07) is 7.61. The lowest BCUT2D eigenvalue weighted by Gasteiger charge is -1.98. The van der Waals surface area contributed by atoms with Gasteiger partial charge in [0.15, 0.2) is 0 Å². The van der Waals surface area contributed by atoms with Crippen LogP contribution in [0.15, 0.2) is 24.3 Å². The second-order valence-electron chi connectivity index (χ2n) is 3.51. The maximum Gasteiger partial charge on any atom is 0.307 e. The van der Waals surface area contributed by atoms with Crippen molar-refractivity contribution in [3.63, 3.8) is 0 Å². The van der Waals surface area contributed by atoms with Gasteiger partial charge >= 0.3 is 5.97 Å². The quantitative estimate of drug-likeness (QED) is 0.776. The monoisotopic (exact) mass is 204 g/mol. The molecule has 0 atom stereocenters. The molecule has 0 radical (unpaired) electrons. The highest BCUT2D eigenvalue weighted by atomic mass is 16.4. The molecule has 2 aromatic rings. The Hall–Kier alpha value is -1.97. The normalized spacial score (nSPS) is 10.7. The van der Waals surface area contributed by atoms with Crippen molar-refractivity contribution in [1.29, 1.82) is 0 Å². The molecule has 4 heteroatoms. The Bertz CT molecular complexity index is 529. The molecule has 0 fully saturated rings. The highest BCUT2D eigenvalue weighted by Crippen LogP contribution is 2.27. The SMILES string of the molecule is Cn1c(N)c(CC(=O)O)c2ccccc21. The van der Waals surface area contributed by atoms with Gasteiger partial charge in [-0.2, -0.15) is 0 Å². The third-order valence-electron chi connectivity index (χ3n) is 2.59. The molecule has 78 valence electrons. The van der Waals surface area contributed by atoms with E-state index in [1.54, 1.807) is 0 Å². The van der Waals surface area contributed by atoms with E-state index in [9.17, 15) is 4.79 Å². The van der Waals surface area contributed by atoms with E-state index in [0.29, 0.717) is 11.4 Å². The number of nitrogen functional groups attached to an aromatic ring is 1. The molecule has 0 saturated heterocycles. The molecule has 0 saturated carbocycles. The summed E-state index contributed by atoms with van der Waals surface area (Å²) in [5.41, 5.74) is 7.52. The predicted octanol–water partition coefficient (Wildman–Crippen LogP) is 1.39. The van der Waals surface area contributed by atoms with Crippen LogP contribution < -0.4 is 5.73 Å². The Morgan fingerprint density at radius 2 is 2.13 bits per heavy atom. The minimum atomic E-state index is -0.863. The summed E-state index contributed by atoms with van der Waals surface area (Å²) in [5.74, 6) is -0.336. The number of fused-ring (bicyclic) bond motifs is 1. The molecule has 0 amide bonds. The number of rotatable bonds is 2. The molecule has 2 rings (SSSR count). The molecule has 0 bridgehead atoms. The molecule has 0 aliphatic carbocycles. The zero-order chi connectivity index (χ0) is 11.0. The van der Waals surface area contributed by atoms with E-state index in [-0.39, 0.29) is 6.42 Å². The van der Waals surface area contributed by atoms with E-state index >= 15 is 0 Å². The topological polar surface area (TPSA) is 68.2 Å². The van der Waals surface area contributed by atoms with Crippen LogP contribution in [-0.2, 0) is 18.3 Å². The third-order valence-corrected chi connectivity index (χ3v) is 2.59. The molecule has 1 heterocycles. The van der Waals surface area contributed by atoms with Crippen molar-refractivity contribution in [2.75, 3.05) is 5.73 Å². The van der Waals surface area contributed by atoms with Crippen molar-refractivity contribution in [3.05, 3.63) is 29.8 Å². The summed E-state index contributed by atoms with van der Waals surface area (Å²) < 4.78 is 1.81. The Balaban J connectivity index is 2.72. The fourth-order valence-corrected chi connectivity index (χ4v) is 1.83. The fourth-order valence-electron chi connectivity index (χ4n) is 1.83. The number of carboxylic acid groups (broad SMARTS) is 1. The van der Waals surface area contributed by atoms with Gasteiger partial charge in [0.2, 0.25) is 0 Å². The summed E-state index contributed by atoms with van der Waals surface area (Å²) in [4.78, 5) is 10.7. The third kappa shape index (κ3) is 1.44. The molecule has 3 N–H and O–H groups in total. The van der Waals surface area contributed by atoms with Gasteiger partial charge in [-0.05, 0) is 6.07 Å². The van der Waals surface area contributed by atoms with Gasteiger partial charge in [-0.25, -0.2) is 0 Å². The van der Waals surface area contributed by atoms with E-state index in [0.717, 1.165) is 10.9 Å². The summed E-state index contributed by atoms with van der Waals surface area (Å²) in [6.45, 7) is 0. The first-order chi connectivity index (χ1) is 7.11. The largest absolute Gasteiger partial charge is 0.481 e. The summed E-state index contributed by atoms with van der Waals surface area (Å²) in [5, 5.41) is 9.71. The lowest BCUT2D eigenvalue weighted by atomic mass is 10.1. The minimum absolute atomic E-state index is 0.0345. The highest BCUT2D eigenvalue weighted by Gasteiger charge is 2.14. The van der Waals surface area contributed by atoms with Gasteiger partial charge in [0.05, 0.1) is 6.42 Å². The van der Waals surface area contributed by atoms with Crippen LogP contribution in [0.4, 0.5) is 5.82 Å². The van der Waals surface area contributed by atoms with Crippen molar-refractivity contribution >= 4 is 22.7 Å². The van der Waals surface area contributed by atoms with Gasteiger partial charge in [0, 0.05) is 23.5 Å². The van der Waals surface area contributed by atoms with Crippen LogP contribution in [0.2, 0.25) is 0 Å². The van der Waals surface area contributed by atoms with Gasteiger partial charge < -0.3 is 15.4 Å². The van der Waals surface area contributed by atoms with E-state index in [1.807, 2.05) is 35.9 Å². The van der Waals surface area contributed by atoms with Gasteiger partial charge in [-0.3, -0.25) is 4.79 Å². The second-order valence-corrected chi connectivity index (χ2v) is 3.51. The molecular formula is C11H12N2O2. The van der Waals surface area contributed by atoms with Crippen molar-refractivity contribution in [3.8, 4) is 0 Å². The molecule has 15 heavy (non-hydrogen) atoms. The van der Waals surface area contributed by atoms with Gasteiger partial charge in [0.1, 0.15) is 5.82 Å². The number of aliphatic carboxylic acids is 1. The number of hydrogen-bond donors (Lipinski definition) is 2. The maximum atomic E-state index is 10.7. The van der Waals surface area contributed by atoms with Crippen LogP contribution in [0.1, 0.15) is 5.56 Å². The average Bonchev–Trinajstić information content (AvgIpc) is 2.44. The molecule has 0 aliphatic rings. The van der Waals surface area contributed by atoms with Crippen molar-refractivity contribution < 1.29 is 9.90 Å². The summed E-state index contributed by atoms with van der Waals surface area (Å²) in [6.07, 6.45) is -0.0345. The van der Waals surface area contributed by atoms with Gasteiger partial charge in [0.25, 0.3) is 0 Å². The number of para-hydroxylation sites is 1. The molecule has 0 spiro atoms. The smallest absolute Gasteiger partial charge is 0.307 e. The Morgan fingerprint density at radius 3 is 2.80 bits per heavy atom. The van der Waals surface area contributed by atoms with Crippen LogP contribution in [0, 0.1) is 0 Å². The number of carbonyl (C=O) groups is 1. The van der Waals surface area contributed by atoms with Crippen LogP contribution >= 0.6 is 0 Å². The van der Waals surface area contributed by atoms with Crippen LogP contribution in [0.3, 0.4) is 0 Å². The molecule has 1 aromatic heterocycles. The highest BCUT2D eigenvalue weighted by molar-refractivity contribution is 5.92. The number of nitrogens with zero attached hydrogens (tertiary/aromatic N) is 1. The van der Waals surface area contributed by atoms with Crippen LogP contribution in [0.25, 0.3) is 10.9 Å². The van der Waals surface area contributed by atoms with E-state index in [2.05, 4.69) is 0 Å². The number of carboxylic acids is 1. The predicted molar refractivity (Wildman–Crippen MR) is 58.7 cm³/mol. The first-order valence-corrected chi connectivity index (χ1v) is 4.65. The number of aromatic nitrogens is 1. The molecule has 4 nitrogen and oxygen atoms in total. The summed E-state index contributed by atoms with van der Waals surface area (Å²) >= 11 is 0. The number of aryl methyl sites for hydroxylation is 1. The second kappa shape index (κ2) is 3.31. The number of nitrogens with two attached hydrogens (primary N) is 1. The Morgan fingerprint density at radius 1 is 1.47 bits per heavy atom. The van der Waals surface area contributed by atoms with Crippen LogP contribution in [0.5, 0.6) is 0 Å². The standard InChI is InChI=1S/C11H12N2O2/c1-13-9-5-3-2-4-7(9)8(11(13)12)6-10(14)15/h2-5H,6,12H2,1H3,(H,14,15).